The van der Waals surface area contributed by atoms with E-state index in [-0.39, 0.29) is 29.2 Å². The Balaban J connectivity index is 1.39. The van der Waals surface area contributed by atoms with E-state index in [1.54, 1.807) is 125 Å². The molecule has 3 fully saturated rings. The van der Waals surface area contributed by atoms with E-state index in [1.165, 1.54) is 13.0 Å². The highest BCUT2D eigenvalue weighted by Crippen LogP contribution is 2.65. The summed E-state index contributed by atoms with van der Waals surface area (Å²) in [4.78, 5) is 76.1. The number of Topliss-reactive ketones (excluding diaryl/α,β-unsaturated/α-hetero) is 1. The van der Waals surface area contributed by atoms with Gasteiger partial charge < -0.3 is 43.0 Å². The van der Waals surface area contributed by atoms with E-state index < -0.39 is 128 Å². The molecular weight excluding hydrogens is 1110 g/mol. The number of fused-ring (bicyclic) bond motifs is 5. The van der Waals surface area contributed by atoms with Crippen LogP contribution in [0.25, 0.3) is 0 Å². The summed E-state index contributed by atoms with van der Waals surface area (Å²) in [5, 5.41) is 18.0. The predicted octanol–water partition coefficient (Wildman–Crippen LogP) is 12.6. The smallest absolute Gasteiger partial charge is 0.338 e. The summed E-state index contributed by atoms with van der Waals surface area (Å²) in [6.45, 7) is 24.3. The first-order chi connectivity index (χ1) is 38.0. The zero-order valence-corrected chi connectivity index (χ0v) is 52.4. The molecule has 4 aromatic rings. The first-order valence-corrected chi connectivity index (χ1v) is 34.4. The molecule has 1 aliphatic heterocycles. The van der Waals surface area contributed by atoms with Gasteiger partial charge in [0.2, 0.25) is 0 Å². The van der Waals surface area contributed by atoms with Gasteiger partial charge in [-0.25, -0.2) is 9.59 Å². The average molecular weight is 1190 g/mol. The fraction of sp³-hybridized carbons (Fsp3) is 0.508. The van der Waals surface area contributed by atoms with Gasteiger partial charge in [-0.2, -0.15) is 0 Å². The Labute approximate surface area is 489 Å². The molecule has 81 heavy (non-hydrogen) atoms. The Morgan fingerprint density at radius 2 is 1.41 bits per heavy atom. The van der Waals surface area contributed by atoms with Crippen LogP contribution in [0.15, 0.2) is 120 Å². The number of ketones is 1. The van der Waals surface area contributed by atoms with Gasteiger partial charge in [-0.1, -0.05) is 139 Å². The van der Waals surface area contributed by atoms with Crippen molar-refractivity contribution < 1.29 is 61.6 Å². The molecule has 8 rings (SSSR count). The van der Waals surface area contributed by atoms with Gasteiger partial charge in [0.1, 0.15) is 29.7 Å². The van der Waals surface area contributed by atoms with Crippen molar-refractivity contribution in [2.75, 3.05) is 6.61 Å². The monoisotopic (exact) mass is 1180 g/mol. The van der Waals surface area contributed by atoms with Crippen molar-refractivity contribution in [2.24, 2.45) is 16.7 Å². The van der Waals surface area contributed by atoms with E-state index in [1.807, 2.05) is 39.9 Å². The number of halogens is 2. The van der Waals surface area contributed by atoms with Gasteiger partial charge in [0.05, 0.1) is 35.6 Å². The standard InChI is InChI=1S/C63H79Cl2NO13Si2/c1-14-81(15-2,16-3)78-47-35-48-62(37-73-48,77-45-32-24-31-44(65)34-45)53-55(76-57(70)42-29-23-30-43(64)33-42)63(72)36-46(38(4)49(60(63,9)10)51(74-39(5)67)54(68)61(47,53)11)75-58(71)52(79-80(12,13)59(6,7)8)50(40-25-19-17-20-26-40)66-56(69)41-27-21-18-22-28-41/h17-34,46-48,50-53,55,72H,14-16,35-37H2,1-13H3,(H,66,69)/t46-,47-,48+,50-,51+,52+,53?,55-,61+,62-,63+/m0/s1. The van der Waals surface area contributed by atoms with Gasteiger partial charge in [0.15, 0.2) is 40.2 Å². The first kappa shape index (κ1) is 61.9. The van der Waals surface area contributed by atoms with Crippen molar-refractivity contribution in [2.45, 2.75) is 179 Å². The maximum absolute atomic E-state index is 16.9. The minimum atomic E-state index is -2.96. The zero-order chi connectivity index (χ0) is 59.3. The van der Waals surface area contributed by atoms with Gasteiger partial charge in [-0.3, -0.25) is 14.4 Å². The van der Waals surface area contributed by atoms with Crippen LogP contribution in [0.1, 0.15) is 121 Å². The summed E-state index contributed by atoms with van der Waals surface area (Å²) in [5.74, 6) is -4.65. The lowest BCUT2D eigenvalue weighted by Gasteiger charge is -2.68. The molecule has 0 spiro atoms. The number of carbonyl (C=O) groups is 5. The van der Waals surface area contributed by atoms with E-state index in [2.05, 4.69) is 26.1 Å². The lowest BCUT2D eigenvalue weighted by Crippen LogP contribution is -2.83. The molecular formula is C63H79Cl2NO13Si2. The Kier molecular flexibility index (Phi) is 17.9. The molecule has 1 saturated heterocycles. The lowest BCUT2D eigenvalue weighted by molar-refractivity contribution is -0.333. The number of nitrogens with one attached hydrogen (secondary N) is 1. The molecule has 1 heterocycles. The number of benzene rings is 4. The van der Waals surface area contributed by atoms with Gasteiger partial charge in [0, 0.05) is 40.8 Å². The van der Waals surface area contributed by atoms with E-state index in [0.717, 1.165) is 0 Å². The number of hydrogen-bond donors (Lipinski definition) is 2. The topological polar surface area (TPSA) is 182 Å². The van der Waals surface area contributed by atoms with Crippen LogP contribution in [-0.2, 0) is 42.2 Å². The Morgan fingerprint density at radius 3 is 1.96 bits per heavy atom. The molecule has 0 radical (unpaired) electrons. The third-order valence-electron chi connectivity index (χ3n) is 18.8. The molecule has 436 valence electrons. The molecule has 2 saturated carbocycles. The van der Waals surface area contributed by atoms with Crippen molar-refractivity contribution in [3.63, 3.8) is 0 Å². The van der Waals surface area contributed by atoms with Crippen molar-refractivity contribution in [1.82, 2.24) is 5.32 Å². The van der Waals surface area contributed by atoms with E-state index in [4.69, 9.17) is 55.7 Å². The lowest BCUT2D eigenvalue weighted by atomic mass is 9.44. The molecule has 2 bridgehead atoms. The summed E-state index contributed by atoms with van der Waals surface area (Å²) >= 11 is 13.2. The fourth-order valence-corrected chi connectivity index (χ4v) is 17.3. The summed E-state index contributed by atoms with van der Waals surface area (Å²) in [6, 6.07) is 31.6. The minimum Gasteiger partial charge on any atom is -0.482 e. The van der Waals surface area contributed by atoms with E-state index >= 15 is 14.4 Å². The number of aliphatic hydroxyl groups is 1. The molecule has 3 aliphatic carbocycles. The quantitative estimate of drug-likeness (QED) is 0.0416. The second kappa shape index (κ2) is 23.5. The SMILES string of the molecule is CC[Si](CC)(CC)O[C@H]1C[C@H]2OC[C@@]2(Oc2cccc(Cl)c2)C2[C@H](OC(=O)c3cccc(Cl)c3)[C@]3(O)C[C@H](OC(=O)[C@H](O[Si](C)(C)C(C)(C)C)[C@@H](NC(=O)c4ccccc4)c4ccccc4)C(C)=C([C@@H](OC(C)=O)C(=O)[C@@]21C)C3(C)C. The number of ether oxygens (including phenoxy) is 5. The Bertz CT molecular complexity index is 3030. The minimum absolute atomic E-state index is 0.0573. The van der Waals surface area contributed by atoms with E-state index in [0.29, 0.717) is 45.6 Å². The average Bonchev–Trinajstić information content (AvgIpc) is 0.804. The van der Waals surface area contributed by atoms with Gasteiger partial charge >= 0.3 is 17.9 Å². The molecule has 18 heteroatoms. The van der Waals surface area contributed by atoms with Gasteiger partial charge in [-0.05, 0) is 115 Å². The van der Waals surface area contributed by atoms with Crippen LogP contribution in [-0.4, -0.2) is 106 Å². The number of rotatable bonds is 18. The van der Waals surface area contributed by atoms with Crippen LogP contribution in [0.2, 0.25) is 46.3 Å². The Hall–Kier alpha value is -5.18. The normalized spacial score (nSPS) is 27.9. The molecule has 1 amide bonds. The highest BCUT2D eigenvalue weighted by molar-refractivity contribution is 6.74. The van der Waals surface area contributed by atoms with Gasteiger partial charge in [0.25, 0.3) is 5.91 Å². The predicted molar refractivity (Wildman–Crippen MR) is 315 cm³/mol. The van der Waals surface area contributed by atoms with Crippen LogP contribution < -0.4 is 10.1 Å². The van der Waals surface area contributed by atoms with Crippen LogP contribution in [0, 0.1) is 16.7 Å². The third-order valence-corrected chi connectivity index (χ3v) is 28.4. The van der Waals surface area contributed by atoms with Crippen LogP contribution in [0.5, 0.6) is 5.75 Å². The first-order valence-electron chi connectivity index (χ1n) is 28.2. The summed E-state index contributed by atoms with van der Waals surface area (Å²) < 4.78 is 48.5. The number of amides is 1. The van der Waals surface area contributed by atoms with Crippen molar-refractivity contribution in [1.29, 1.82) is 0 Å². The zero-order valence-electron chi connectivity index (χ0n) is 48.9. The van der Waals surface area contributed by atoms with Crippen molar-refractivity contribution in [3.05, 3.63) is 147 Å². The maximum Gasteiger partial charge on any atom is 0.338 e. The van der Waals surface area contributed by atoms with E-state index in [9.17, 15) is 14.7 Å². The van der Waals surface area contributed by atoms with Gasteiger partial charge in [-0.15, -0.1) is 0 Å². The molecule has 4 aliphatic rings. The highest BCUT2D eigenvalue weighted by Gasteiger charge is 2.79. The van der Waals surface area contributed by atoms with Crippen molar-refractivity contribution in [3.8, 4) is 5.75 Å². The summed E-state index contributed by atoms with van der Waals surface area (Å²) in [5.41, 5.74) is -5.89. The van der Waals surface area contributed by atoms with Crippen LogP contribution in [0.4, 0.5) is 0 Å². The molecule has 4 aromatic carbocycles. The maximum atomic E-state index is 16.9. The molecule has 2 N–H and O–H groups in total. The highest BCUT2D eigenvalue weighted by atomic mass is 35.5. The molecule has 1 unspecified atom stereocenters. The largest absolute Gasteiger partial charge is 0.482 e. The third kappa shape index (κ3) is 11.5. The molecule has 11 atom stereocenters. The number of esters is 3. The fourth-order valence-electron chi connectivity index (χ4n) is 12.8. The van der Waals surface area contributed by atoms with Crippen LogP contribution >= 0.6 is 23.2 Å². The number of hydrogen-bond acceptors (Lipinski definition) is 13. The van der Waals surface area contributed by atoms with Crippen LogP contribution in [0.3, 0.4) is 0 Å². The summed E-state index contributed by atoms with van der Waals surface area (Å²) in [6.07, 6.45) is -8.36. The molecule has 0 aromatic heterocycles. The second-order valence-electron chi connectivity index (χ2n) is 24.7. The summed E-state index contributed by atoms with van der Waals surface area (Å²) in [7, 11) is -5.63. The van der Waals surface area contributed by atoms with Crippen molar-refractivity contribution >= 4 is 69.4 Å². The number of carbonyl (C=O) groups excluding carboxylic acids is 5. The Morgan fingerprint density at radius 1 is 0.815 bits per heavy atom. The molecule has 14 nitrogen and oxygen atoms in total. The second-order valence-corrected chi connectivity index (χ2v) is 35.0.